The van der Waals surface area contributed by atoms with Crippen LogP contribution in [0.1, 0.15) is 40.5 Å². The number of aliphatic carboxylic acids is 2. The number of carboxylic acids is 2. The number of hydrogen-bond acceptors (Lipinski definition) is 6. The summed E-state index contributed by atoms with van der Waals surface area (Å²) in [6.07, 6.45) is -0.224. The minimum Gasteiger partial charge on any atom is -0.481 e. The van der Waals surface area contributed by atoms with Crippen LogP contribution in [0.2, 0.25) is 0 Å². The van der Waals surface area contributed by atoms with E-state index in [1.165, 1.54) is 0 Å². The van der Waals surface area contributed by atoms with Gasteiger partial charge in [-0.25, -0.2) is 0 Å². The van der Waals surface area contributed by atoms with Crippen molar-refractivity contribution in [1.29, 1.82) is 10.8 Å². The second kappa shape index (κ2) is 15.4. The molecule has 0 aliphatic heterocycles. The molecule has 0 unspecified atom stereocenters. The van der Waals surface area contributed by atoms with Crippen LogP contribution in [0.25, 0.3) is 0 Å². The lowest BCUT2D eigenvalue weighted by molar-refractivity contribution is -0.137. The molecule has 14 nitrogen and oxygen atoms in total. The van der Waals surface area contributed by atoms with Crippen molar-refractivity contribution in [2.45, 2.75) is 51.6 Å². The van der Waals surface area contributed by atoms with Crippen LogP contribution in [0.5, 0.6) is 0 Å². The molecule has 0 bridgehead atoms. The van der Waals surface area contributed by atoms with Gasteiger partial charge in [0.2, 0.25) is 0 Å². The van der Waals surface area contributed by atoms with Crippen LogP contribution in [0.15, 0.2) is 10.2 Å². The largest absolute Gasteiger partial charge is 0.481 e. The van der Waals surface area contributed by atoms with E-state index in [4.69, 9.17) is 21.0 Å². The molecule has 0 aromatic heterocycles. The van der Waals surface area contributed by atoms with Gasteiger partial charge in [0.05, 0.1) is 12.8 Å². The number of carboxylic acid groups (broad SMARTS) is 2. The van der Waals surface area contributed by atoms with Crippen molar-refractivity contribution in [2.75, 3.05) is 13.1 Å². The van der Waals surface area contributed by atoms with Crippen molar-refractivity contribution in [3.8, 4) is 0 Å². The van der Waals surface area contributed by atoms with E-state index >= 15 is 0 Å². The molecule has 0 rings (SSSR count). The van der Waals surface area contributed by atoms with E-state index in [1.807, 2.05) is 0 Å². The first-order valence-corrected chi connectivity index (χ1v) is 7.42. The molecule has 0 fully saturated rings. The number of carbonyl (C=O) groups is 2. The van der Waals surface area contributed by atoms with Gasteiger partial charge in [0, 0.05) is 13.1 Å². The van der Waals surface area contributed by atoms with E-state index < -0.39 is 23.0 Å². The van der Waals surface area contributed by atoms with Crippen molar-refractivity contribution in [3.63, 3.8) is 0 Å². The summed E-state index contributed by atoms with van der Waals surface area (Å²) in [4.78, 5) is 20.9. The summed E-state index contributed by atoms with van der Waals surface area (Å²) in [5, 5.41) is 46.5. The van der Waals surface area contributed by atoms with Crippen LogP contribution < -0.4 is 10.6 Å². The van der Waals surface area contributed by atoms with Crippen molar-refractivity contribution in [3.05, 3.63) is 0 Å². The highest BCUT2D eigenvalue weighted by atomic mass is 16.4. The smallest absolute Gasteiger partial charge is 0.305 e. The van der Waals surface area contributed by atoms with E-state index in [0.717, 1.165) is 0 Å². The topological polar surface area (TPSA) is 297 Å². The first kappa shape index (κ1) is 36.3. The molecule has 14 heteroatoms. The lowest BCUT2D eigenvalue weighted by Gasteiger charge is -2.25. The quantitative estimate of drug-likeness (QED) is 0.130. The number of nitrogens with zero attached hydrogens (tertiary/aromatic N) is 2. The van der Waals surface area contributed by atoms with Gasteiger partial charge in [-0.05, 0) is 27.7 Å². The monoisotopic (exact) mass is 414 g/mol. The minimum absolute atomic E-state index is 0. The third-order valence-electron chi connectivity index (χ3n) is 3.05. The normalized spacial score (nSPS) is 10.3. The zero-order valence-corrected chi connectivity index (χ0v) is 16.4. The Morgan fingerprint density at radius 3 is 1.21 bits per heavy atom. The highest BCUT2D eigenvalue weighted by Crippen LogP contribution is 2.16. The predicted octanol–water partition coefficient (Wildman–Crippen LogP) is -2.22. The van der Waals surface area contributed by atoms with E-state index in [-0.39, 0.29) is 59.5 Å². The second-order valence-corrected chi connectivity index (χ2v) is 6.21. The average molecular weight is 414 g/mol. The van der Waals surface area contributed by atoms with E-state index in [1.54, 1.807) is 27.7 Å². The summed E-state index contributed by atoms with van der Waals surface area (Å²) in [5.74, 6) is -1.88. The zero-order chi connectivity index (χ0) is 19.0. The molecule has 0 spiro atoms. The van der Waals surface area contributed by atoms with Crippen molar-refractivity contribution < 1.29 is 41.7 Å². The summed E-state index contributed by atoms with van der Waals surface area (Å²) < 4.78 is 0. The minimum atomic E-state index is -1.00. The van der Waals surface area contributed by atoms with Gasteiger partial charge in [0.25, 0.3) is 0 Å². The fourth-order valence-corrected chi connectivity index (χ4v) is 1.37. The molecular formula is C14H34N6O8. The Morgan fingerprint density at radius 2 is 1.00 bits per heavy atom. The van der Waals surface area contributed by atoms with Crippen molar-refractivity contribution in [2.24, 2.45) is 10.2 Å². The number of hydrogen-bond donors (Lipinski definition) is 6. The fraction of sp³-hybridized carbons (Fsp3) is 0.714. The molecule has 0 aliphatic carbocycles. The third kappa shape index (κ3) is 14.5. The van der Waals surface area contributed by atoms with Crippen LogP contribution in [-0.2, 0) is 9.59 Å². The van der Waals surface area contributed by atoms with Crippen molar-refractivity contribution in [1.82, 2.24) is 10.6 Å². The number of amidine groups is 2. The molecule has 0 atom stereocenters. The van der Waals surface area contributed by atoms with Gasteiger partial charge in [0.15, 0.2) is 0 Å². The van der Waals surface area contributed by atoms with Crippen LogP contribution in [-0.4, -0.2) is 79.9 Å². The first-order valence-electron chi connectivity index (χ1n) is 7.42. The number of azo groups is 1. The summed E-state index contributed by atoms with van der Waals surface area (Å²) >= 11 is 0. The average Bonchev–Trinajstić information content (AvgIpc) is 2.44. The Hall–Kier alpha value is -2.68. The molecule has 0 heterocycles. The standard InChI is InChI=1S/C14H26N6O4.4H2O/c1-13(2,11(15)17-7-5-9(21)22)19-20-14(3,4)12(16)18-8-6-10(23)24;;;;/h5-8H2,1-4H3,(H2,15,17)(H2,16,18)(H,21,22)(H,23,24);4*1H2/b20-19+;;;;. The SMILES string of the molecule is CC(C)(/N=N/C(C)(C)C(=N)NCCC(=O)O)C(=N)NCCC(=O)O.O.O.O.O. The molecule has 0 aromatic rings. The Balaban J connectivity index is -0.000000441. The molecule has 14 N–H and O–H groups in total. The maximum Gasteiger partial charge on any atom is 0.305 e. The van der Waals surface area contributed by atoms with E-state index in [2.05, 4.69) is 20.9 Å². The lowest BCUT2D eigenvalue weighted by Crippen LogP contribution is -2.43. The zero-order valence-electron chi connectivity index (χ0n) is 16.4. The van der Waals surface area contributed by atoms with Gasteiger partial charge in [-0.1, -0.05) is 0 Å². The Bertz CT molecular complexity index is 490. The Kier molecular flexibility index (Phi) is 19.9. The van der Waals surface area contributed by atoms with Crippen LogP contribution in [0.4, 0.5) is 0 Å². The predicted molar refractivity (Wildman–Crippen MR) is 103 cm³/mol. The van der Waals surface area contributed by atoms with Crippen LogP contribution in [0, 0.1) is 10.8 Å². The summed E-state index contributed by atoms with van der Waals surface area (Å²) in [6.45, 7) is 6.80. The molecule has 168 valence electrons. The molecule has 0 aliphatic rings. The molecule has 0 saturated carbocycles. The van der Waals surface area contributed by atoms with Gasteiger partial charge >= 0.3 is 11.9 Å². The van der Waals surface area contributed by atoms with Gasteiger partial charge in [0.1, 0.15) is 22.7 Å². The summed E-state index contributed by atoms with van der Waals surface area (Å²) in [7, 11) is 0. The highest BCUT2D eigenvalue weighted by Gasteiger charge is 2.28. The maximum absolute atomic E-state index is 10.5. The first-order chi connectivity index (χ1) is 10.9. The Morgan fingerprint density at radius 1 is 0.750 bits per heavy atom. The van der Waals surface area contributed by atoms with Gasteiger partial charge < -0.3 is 42.8 Å². The highest BCUT2D eigenvalue weighted by molar-refractivity contribution is 5.89. The molecule has 28 heavy (non-hydrogen) atoms. The lowest BCUT2D eigenvalue weighted by atomic mass is 10.0. The molecule has 0 aromatic carbocycles. The summed E-state index contributed by atoms with van der Waals surface area (Å²) in [6, 6.07) is 0. The van der Waals surface area contributed by atoms with Crippen molar-refractivity contribution >= 4 is 23.6 Å². The van der Waals surface area contributed by atoms with Gasteiger partial charge in [-0.2, -0.15) is 10.2 Å². The van der Waals surface area contributed by atoms with E-state index in [0.29, 0.717) is 0 Å². The molecule has 0 saturated heterocycles. The molecule has 0 amide bonds. The second-order valence-electron chi connectivity index (χ2n) is 6.21. The van der Waals surface area contributed by atoms with Gasteiger partial charge in [-0.3, -0.25) is 20.4 Å². The molecule has 0 radical (unpaired) electrons. The molecular weight excluding hydrogens is 380 g/mol. The Labute approximate surface area is 162 Å². The number of rotatable bonds is 10. The third-order valence-corrected chi connectivity index (χ3v) is 3.05. The fourth-order valence-electron chi connectivity index (χ4n) is 1.37. The van der Waals surface area contributed by atoms with Crippen LogP contribution >= 0.6 is 0 Å². The van der Waals surface area contributed by atoms with Gasteiger partial charge in [-0.15, -0.1) is 0 Å². The van der Waals surface area contributed by atoms with E-state index in [9.17, 15) is 9.59 Å². The number of nitrogens with one attached hydrogen (secondary N) is 4. The van der Waals surface area contributed by atoms with Crippen LogP contribution in [0.3, 0.4) is 0 Å². The maximum atomic E-state index is 10.5. The summed E-state index contributed by atoms with van der Waals surface area (Å²) in [5.41, 5.74) is -2.01.